The van der Waals surface area contributed by atoms with Gasteiger partial charge in [0.1, 0.15) is 0 Å². The van der Waals surface area contributed by atoms with Crippen molar-refractivity contribution >= 4 is 0 Å². The van der Waals surface area contributed by atoms with Gasteiger partial charge in [0.25, 0.3) is 0 Å². The van der Waals surface area contributed by atoms with Gasteiger partial charge in [0.2, 0.25) is 0 Å². The molecule has 4 nitrogen and oxygen atoms in total. The van der Waals surface area contributed by atoms with Crippen molar-refractivity contribution in [1.82, 2.24) is 14.9 Å². The number of aliphatic hydroxyl groups excluding tert-OH is 1. The number of rotatable bonds is 4. The summed E-state index contributed by atoms with van der Waals surface area (Å²) in [4.78, 5) is 4.05. The van der Waals surface area contributed by atoms with Crippen LogP contribution in [0.25, 0.3) is 5.69 Å². The summed E-state index contributed by atoms with van der Waals surface area (Å²) in [6.07, 6.45) is 9.54. The molecule has 0 saturated heterocycles. The number of benzene rings is 1. The maximum absolute atomic E-state index is 9.67. The van der Waals surface area contributed by atoms with Gasteiger partial charge in [-0.25, -0.2) is 4.98 Å². The summed E-state index contributed by atoms with van der Waals surface area (Å²) in [7, 11) is 0. The molecule has 2 aromatic rings. The molecule has 0 radical (unpaired) electrons. The average molecular weight is 271 g/mol. The molecule has 106 valence electrons. The molecule has 1 heterocycles. The predicted molar refractivity (Wildman–Crippen MR) is 78.7 cm³/mol. The summed E-state index contributed by atoms with van der Waals surface area (Å²) in [6, 6.07) is 8.94. The van der Waals surface area contributed by atoms with Crippen molar-refractivity contribution in [2.75, 3.05) is 0 Å². The normalized spacial score (nSPS) is 22.9. The van der Waals surface area contributed by atoms with Crippen molar-refractivity contribution in [2.45, 2.75) is 44.4 Å². The van der Waals surface area contributed by atoms with Crippen LogP contribution in [-0.4, -0.2) is 26.8 Å². The Morgan fingerprint density at radius 1 is 1.25 bits per heavy atom. The number of nitrogens with one attached hydrogen (secondary N) is 1. The van der Waals surface area contributed by atoms with Gasteiger partial charge in [-0.05, 0) is 43.4 Å². The van der Waals surface area contributed by atoms with Crippen LogP contribution in [0, 0.1) is 0 Å². The maximum Gasteiger partial charge on any atom is 0.0991 e. The molecule has 1 aliphatic carbocycles. The SMILES string of the molecule is OC1CCCC(NCc2ccc(-n3ccnc3)cc2)C1. The summed E-state index contributed by atoms with van der Waals surface area (Å²) in [5, 5.41) is 13.2. The van der Waals surface area contributed by atoms with Crippen LogP contribution in [0.4, 0.5) is 0 Å². The van der Waals surface area contributed by atoms with E-state index in [9.17, 15) is 5.11 Å². The highest BCUT2D eigenvalue weighted by Gasteiger charge is 2.19. The van der Waals surface area contributed by atoms with Crippen molar-refractivity contribution in [2.24, 2.45) is 0 Å². The zero-order chi connectivity index (χ0) is 13.8. The van der Waals surface area contributed by atoms with Gasteiger partial charge < -0.3 is 15.0 Å². The molecule has 0 aliphatic heterocycles. The highest BCUT2D eigenvalue weighted by Crippen LogP contribution is 2.19. The van der Waals surface area contributed by atoms with Gasteiger partial charge in [-0.1, -0.05) is 12.1 Å². The lowest BCUT2D eigenvalue weighted by molar-refractivity contribution is 0.111. The van der Waals surface area contributed by atoms with E-state index in [1.54, 1.807) is 12.5 Å². The molecule has 0 spiro atoms. The number of imidazole rings is 1. The van der Waals surface area contributed by atoms with Gasteiger partial charge in [0.05, 0.1) is 12.4 Å². The van der Waals surface area contributed by atoms with Crippen LogP contribution in [-0.2, 0) is 6.54 Å². The van der Waals surface area contributed by atoms with Crippen LogP contribution < -0.4 is 5.32 Å². The molecule has 1 aliphatic rings. The third-order valence-corrected chi connectivity index (χ3v) is 3.98. The molecule has 0 amide bonds. The first kappa shape index (κ1) is 13.3. The smallest absolute Gasteiger partial charge is 0.0991 e. The van der Waals surface area contributed by atoms with Gasteiger partial charge >= 0.3 is 0 Å². The molecule has 1 aromatic carbocycles. The largest absolute Gasteiger partial charge is 0.393 e. The first-order valence-electron chi connectivity index (χ1n) is 7.30. The standard InChI is InChI=1S/C16H21N3O/c20-16-3-1-2-14(10-16)18-11-13-4-6-15(7-5-13)19-9-8-17-12-19/h4-9,12,14,16,18,20H,1-3,10-11H2. The van der Waals surface area contributed by atoms with Crippen LogP contribution in [0.15, 0.2) is 43.0 Å². The quantitative estimate of drug-likeness (QED) is 0.897. The van der Waals surface area contributed by atoms with E-state index in [0.717, 1.165) is 31.5 Å². The van der Waals surface area contributed by atoms with Crippen molar-refractivity contribution < 1.29 is 5.11 Å². The fourth-order valence-electron chi connectivity index (χ4n) is 2.81. The molecule has 2 unspecified atom stereocenters. The third kappa shape index (κ3) is 3.26. The molecule has 4 heteroatoms. The van der Waals surface area contributed by atoms with Gasteiger partial charge in [0, 0.05) is 30.7 Å². The van der Waals surface area contributed by atoms with Gasteiger partial charge in [0.15, 0.2) is 0 Å². The number of hydrogen-bond acceptors (Lipinski definition) is 3. The third-order valence-electron chi connectivity index (χ3n) is 3.98. The number of nitrogens with zero attached hydrogens (tertiary/aromatic N) is 2. The van der Waals surface area contributed by atoms with Crippen molar-refractivity contribution in [1.29, 1.82) is 0 Å². The Morgan fingerprint density at radius 3 is 2.80 bits per heavy atom. The van der Waals surface area contributed by atoms with E-state index >= 15 is 0 Å². The van der Waals surface area contributed by atoms with E-state index in [-0.39, 0.29) is 6.10 Å². The second-order valence-electron chi connectivity index (χ2n) is 5.53. The minimum atomic E-state index is -0.120. The molecule has 2 N–H and O–H groups in total. The van der Waals surface area contributed by atoms with Crippen LogP contribution in [0.2, 0.25) is 0 Å². The molecule has 20 heavy (non-hydrogen) atoms. The average Bonchev–Trinajstić information content (AvgIpc) is 3.00. The first-order valence-corrected chi connectivity index (χ1v) is 7.30. The zero-order valence-electron chi connectivity index (χ0n) is 11.6. The summed E-state index contributed by atoms with van der Waals surface area (Å²) in [5.41, 5.74) is 2.40. The lowest BCUT2D eigenvalue weighted by Gasteiger charge is -2.26. The van der Waals surface area contributed by atoms with E-state index in [1.165, 1.54) is 12.0 Å². The second kappa shape index (κ2) is 6.20. The zero-order valence-corrected chi connectivity index (χ0v) is 11.6. The number of aromatic nitrogens is 2. The number of aliphatic hydroxyl groups is 1. The second-order valence-corrected chi connectivity index (χ2v) is 5.53. The van der Waals surface area contributed by atoms with Crippen molar-refractivity contribution in [3.8, 4) is 5.69 Å². The van der Waals surface area contributed by atoms with Crippen LogP contribution in [0.1, 0.15) is 31.2 Å². The lowest BCUT2D eigenvalue weighted by atomic mass is 9.93. The summed E-state index contributed by atoms with van der Waals surface area (Å²) in [5.74, 6) is 0. The lowest BCUT2D eigenvalue weighted by Crippen LogP contribution is -2.35. The Hall–Kier alpha value is -1.65. The summed E-state index contributed by atoms with van der Waals surface area (Å²) in [6.45, 7) is 0.863. The Bertz CT molecular complexity index is 521. The van der Waals surface area contributed by atoms with E-state index in [1.807, 2.05) is 10.8 Å². The summed E-state index contributed by atoms with van der Waals surface area (Å²) >= 11 is 0. The Labute approximate surface area is 119 Å². The molecule has 1 aromatic heterocycles. The molecular weight excluding hydrogens is 250 g/mol. The highest BCUT2D eigenvalue weighted by atomic mass is 16.3. The van der Waals surface area contributed by atoms with E-state index in [4.69, 9.17) is 0 Å². The minimum absolute atomic E-state index is 0.120. The van der Waals surface area contributed by atoms with Gasteiger partial charge in [-0.15, -0.1) is 0 Å². The van der Waals surface area contributed by atoms with E-state index in [0.29, 0.717) is 6.04 Å². The van der Waals surface area contributed by atoms with Crippen LogP contribution >= 0.6 is 0 Å². The molecule has 2 atom stereocenters. The highest BCUT2D eigenvalue weighted by molar-refractivity contribution is 5.34. The minimum Gasteiger partial charge on any atom is -0.393 e. The Balaban J connectivity index is 1.56. The van der Waals surface area contributed by atoms with E-state index < -0.39 is 0 Å². The van der Waals surface area contributed by atoms with Gasteiger partial charge in [-0.3, -0.25) is 0 Å². The van der Waals surface area contributed by atoms with Gasteiger partial charge in [-0.2, -0.15) is 0 Å². The van der Waals surface area contributed by atoms with Crippen molar-refractivity contribution in [3.63, 3.8) is 0 Å². The van der Waals surface area contributed by atoms with Crippen LogP contribution in [0.5, 0.6) is 0 Å². The molecule has 3 rings (SSSR count). The monoisotopic (exact) mass is 271 g/mol. The molecule has 1 saturated carbocycles. The van der Waals surface area contributed by atoms with Crippen molar-refractivity contribution in [3.05, 3.63) is 48.5 Å². The summed E-state index contributed by atoms with van der Waals surface area (Å²) < 4.78 is 1.99. The van der Waals surface area contributed by atoms with E-state index in [2.05, 4.69) is 34.6 Å². The molecular formula is C16H21N3O. The molecule has 1 fully saturated rings. The number of hydrogen-bond donors (Lipinski definition) is 2. The maximum atomic E-state index is 9.67. The Morgan fingerprint density at radius 2 is 2.10 bits per heavy atom. The topological polar surface area (TPSA) is 50.1 Å². The molecule has 0 bridgehead atoms. The fraction of sp³-hybridized carbons (Fsp3) is 0.438. The van der Waals surface area contributed by atoms with Crippen LogP contribution in [0.3, 0.4) is 0 Å². The fourth-order valence-corrected chi connectivity index (χ4v) is 2.81. The first-order chi connectivity index (χ1) is 9.81. The predicted octanol–water partition coefficient (Wildman–Crippen LogP) is 2.27. The Kier molecular flexibility index (Phi) is 4.14.